The van der Waals surface area contributed by atoms with Gasteiger partial charge < -0.3 is 0 Å². The first kappa shape index (κ1) is 21.0. The van der Waals surface area contributed by atoms with Gasteiger partial charge in [0.05, 0.1) is 0 Å². The van der Waals surface area contributed by atoms with E-state index in [4.69, 9.17) is 4.74 Å². The minimum absolute atomic E-state index is 0.0524. The van der Waals surface area contributed by atoms with E-state index in [1.807, 2.05) is 18.4 Å². The van der Waals surface area contributed by atoms with E-state index in [-0.39, 0.29) is 11.9 Å². The standard InChI is InChI=1S/C22H30NO3PS/c1-3-26-22(25)21-20(17(2)16-28-21)23-19(24)15-27(12-8-5-9-13-27)14-18-10-6-4-7-11-18/h4,6-7,10-11,16,27H,3,5,8-9,12-15H2,1-2H3,(H,23,24). The molecule has 0 bridgehead atoms. The fourth-order valence-electron chi connectivity index (χ4n) is 4.22. The van der Waals surface area contributed by atoms with Crippen molar-refractivity contribution >= 4 is 36.2 Å². The van der Waals surface area contributed by atoms with Crippen molar-refractivity contribution in [1.82, 2.24) is 0 Å². The van der Waals surface area contributed by atoms with Crippen LogP contribution in [-0.2, 0) is 15.7 Å². The summed E-state index contributed by atoms with van der Waals surface area (Å²) < 4.78 is 5.14. The van der Waals surface area contributed by atoms with Crippen molar-refractivity contribution in [3.8, 4) is 0 Å². The number of hydrogen-bond donors (Lipinski definition) is 1. The summed E-state index contributed by atoms with van der Waals surface area (Å²) >= 11 is 1.34. The van der Waals surface area contributed by atoms with E-state index in [2.05, 4.69) is 29.6 Å². The Hall–Kier alpha value is -1.71. The van der Waals surface area contributed by atoms with Crippen LogP contribution in [0.25, 0.3) is 0 Å². The van der Waals surface area contributed by atoms with Gasteiger partial charge in [-0.05, 0) is 0 Å². The van der Waals surface area contributed by atoms with E-state index in [9.17, 15) is 9.59 Å². The van der Waals surface area contributed by atoms with Crippen LogP contribution in [0.1, 0.15) is 47.0 Å². The molecule has 1 aliphatic rings. The number of esters is 1. The first-order valence-corrected chi connectivity index (χ1v) is 13.8. The third-order valence-electron chi connectivity index (χ3n) is 5.57. The van der Waals surface area contributed by atoms with Crippen LogP contribution in [0.15, 0.2) is 35.7 Å². The SMILES string of the molecule is CCOC(=O)c1scc(C)c1NC(=O)C[PH]1(Cc2ccccc2)CCCCC1. The second-order valence-electron chi connectivity index (χ2n) is 7.79. The molecule has 2 aromatic rings. The van der Waals surface area contributed by atoms with Crippen LogP contribution in [0.3, 0.4) is 0 Å². The molecule has 0 saturated carbocycles. The summed E-state index contributed by atoms with van der Waals surface area (Å²) in [5.41, 5.74) is 2.90. The first-order valence-electron chi connectivity index (χ1n) is 10.1. The average Bonchev–Trinajstić information content (AvgIpc) is 3.03. The number of carbonyl (C=O) groups excluding carboxylic acids is 2. The van der Waals surface area contributed by atoms with E-state index in [0.29, 0.717) is 23.3 Å². The zero-order valence-corrected chi connectivity index (χ0v) is 18.6. The molecule has 3 rings (SSSR count). The van der Waals surface area contributed by atoms with Crippen molar-refractivity contribution in [3.05, 3.63) is 51.7 Å². The number of aryl methyl sites for hydroxylation is 1. The van der Waals surface area contributed by atoms with Crippen molar-refractivity contribution in [1.29, 1.82) is 0 Å². The molecule has 0 radical (unpaired) electrons. The van der Waals surface area contributed by atoms with Gasteiger partial charge in [0.25, 0.3) is 0 Å². The Labute approximate surface area is 172 Å². The molecule has 0 atom stereocenters. The summed E-state index contributed by atoms with van der Waals surface area (Å²) in [6.07, 6.45) is 7.86. The Morgan fingerprint density at radius 1 is 1.14 bits per heavy atom. The van der Waals surface area contributed by atoms with Gasteiger partial charge in [0.2, 0.25) is 0 Å². The Morgan fingerprint density at radius 2 is 1.86 bits per heavy atom. The number of anilines is 1. The maximum atomic E-state index is 13.0. The van der Waals surface area contributed by atoms with Crippen LogP contribution in [0, 0.1) is 6.92 Å². The number of thiophene rings is 1. The topological polar surface area (TPSA) is 55.4 Å². The quantitative estimate of drug-likeness (QED) is 0.489. The molecule has 2 heterocycles. The third-order valence-corrected chi connectivity index (χ3v) is 11.7. The Kier molecular flexibility index (Phi) is 7.25. The van der Waals surface area contributed by atoms with E-state index >= 15 is 0 Å². The molecule has 1 aromatic heterocycles. The molecular weight excluding hydrogens is 389 g/mol. The van der Waals surface area contributed by atoms with E-state index in [1.54, 1.807) is 6.92 Å². The molecular formula is C22H30NO3PS. The van der Waals surface area contributed by atoms with Crippen LogP contribution in [0.5, 0.6) is 0 Å². The molecule has 1 aliphatic heterocycles. The van der Waals surface area contributed by atoms with Crippen molar-refractivity contribution in [2.45, 2.75) is 39.3 Å². The molecule has 4 nitrogen and oxygen atoms in total. The van der Waals surface area contributed by atoms with Gasteiger partial charge in [-0.3, -0.25) is 0 Å². The van der Waals surface area contributed by atoms with Crippen LogP contribution >= 0.6 is 18.6 Å². The van der Waals surface area contributed by atoms with Crippen LogP contribution in [-0.4, -0.2) is 37.0 Å². The van der Waals surface area contributed by atoms with Gasteiger partial charge in [0.15, 0.2) is 0 Å². The van der Waals surface area contributed by atoms with Gasteiger partial charge in [-0.2, -0.15) is 0 Å². The van der Waals surface area contributed by atoms with Crippen molar-refractivity contribution in [2.24, 2.45) is 0 Å². The predicted molar refractivity (Wildman–Crippen MR) is 121 cm³/mol. The van der Waals surface area contributed by atoms with E-state index in [0.717, 1.165) is 11.7 Å². The summed E-state index contributed by atoms with van der Waals surface area (Å²) in [6.45, 7) is 4.04. The van der Waals surface area contributed by atoms with Crippen LogP contribution in [0.4, 0.5) is 5.69 Å². The Morgan fingerprint density at radius 3 is 2.54 bits per heavy atom. The second kappa shape index (κ2) is 9.67. The molecule has 28 heavy (non-hydrogen) atoms. The van der Waals surface area contributed by atoms with E-state index in [1.165, 1.54) is 48.5 Å². The molecule has 0 aliphatic carbocycles. The number of amides is 1. The number of hydrogen-bond acceptors (Lipinski definition) is 4. The third kappa shape index (κ3) is 5.21. The molecule has 1 saturated heterocycles. The molecule has 1 N–H and O–H groups in total. The van der Waals surface area contributed by atoms with Gasteiger partial charge in [0, 0.05) is 0 Å². The first-order chi connectivity index (χ1) is 13.5. The Balaban J connectivity index is 1.74. The molecule has 0 spiro atoms. The van der Waals surface area contributed by atoms with Gasteiger partial charge in [-0.15, -0.1) is 0 Å². The Bertz CT molecular complexity index is 812. The number of benzene rings is 1. The summed E-state index contributed by atoms with van der Waals surface area (Å²) in [7, 11) is -1.72. The number of rotatable bonds is 7. The van der Waals surface area contributed by atoms with Crippen molar-refractivity contribution in [2.75, 3.05) is 30.4 Å². The fourth-order valence-corrected chi connectivity index (χ4v) is 10.1. The van der Waals surface area contributed by atoms with Crippen molar-refractivity contribution in [3.63, 3.8) is 0 Å². The average molecular weight is 420 g/mol. The molecule has 1 fully saturated rings. The molecule has 6 heteroatoms. The van der Waals surface area contributed by atoms with Gasteiger partial charge in [-0.25, -0.2) is 0 Å². The zero-order valence-electron chi connectivity index (χ0n) is 16.8. The maximum absolute atomic E-state index is 13.0. The fraction of sp³-hybridized carbons (Fsp3) is 0.455. The van der Waals surface area contributed by atoms with Gasteiger partial charge in [0.1, 0.15) is 0 Å². The zero-order chi connectivity index (χ0) is 20.0. The summed E-state index contributed by atoms with van der Waals surface area (Å²) in [6, 6.07) is 10.6. The van der Waals surface area contributed by atoms with Crippen molar-refractivity contribution < 1.29 is 14.3 Å². The summed E-state index contributed by atoms with van der Waals surface area (Å²) in [5, 5.41) is 4.96. The minimum atomic E-state index is -1.72. The van der Waals surface area contributed by atoms with Crippen LogP contribution < -0.4 is 5.32 Å². The normalized spacial score (nSPS) is 16.9. The predicted octanol–water partition coefficient (Wildman–Crippen LogP) is 5.31. The van der Waals surface area contributed by atoms with Crippen LogP contribution in [0.2, 0.25) is 0 Å². The molecule has 152 valence electrons. The van der Waals surface area contributed by atoms with E-state index < -0.39 is 7.26 Å². The second-order valence-corrected chi connectivity index (χ2v) is 13.4. The molecule has 1 amide bonds. The summed E-state index contributed by atoms with van der Waals surface area (Å²) in [4.78, 5) is 25.7. The van der Waals surface area contributed by atoms with Gasteiger partial charge >= 0.3 is 172 Å². The number of nitrogens with one attached hydrogen (secondary N) is 1. The van der Waals surface area contributed by atoms with Gasteiger partial charge in [-0.1, -0.05) is 0 Å². The number of carbonyl (C=O) groups is 2. The summed E-state index contributed by atoms with van der Waals surface area (Å²) in [5.74, 6) is -0.304. The monoisotopic (exact) mass is 419 g/mol. The molecule has 0 unspecified atom stereocenters. The number of ether oxygens (including phenoxy) is 1. The molecule has 1 aromatic carbocycles.